The Kier molecular flexibility index (Phi) is 4.12. The van der Waals surface area contributed by atoms with E-state index >= 15 is 0 Å². The van der Waals surface area contributed by atoms with Crippen LogP contribution in [0.3, 0.4) is 0 Å². The maximum Gasteiger partial charge on any atom is 0.260 e. The van der Waals surface area contributed by atoms with Crippen LogP contribution in [-0.4, -0.2) is 22.5 Å². The molecule has 0 saturated heterocycles. The van der Waals surface area contributed by atoms with E-state index in [1.807, 2.05) is 13.8 Å². The number of aryl methyl sites for hydroxylation is 2. The normalized spacial score (nSPS) is 10.4. The van der Waals surface area contributed by atoms with E-state index < -0.39 is 0 Å². The number of phenolic OH excluding ortho intramolecular Hbond substituents is 1. The molecule has 0 fully saturated rings. The summed E-state index contributed by atoms with van der Waals surface area (Å²) in [6, 6.07) is 6.60. The summed E-state index contributed by atoms with van der Waals surface area (Å²) < 4.78 is 0. The lowest BCUT2D eigenvalue weighted by molar-refractivity contribution is 0.0987. The lowest BCUT2D eigenvalue weighted by Gasteiger charge is -2.24. The topological polar surface area (TPSA) is 79.5 Å². The Morgan fingerprint density at radius 3 is 2.71 bits per heavy atom. The molecule has 0 atom stereocenters. The summed E-state index contributed by atoms with van der Waals surface area (Å²) in [5.74, 6) is -0.0484. The maximum absolute atomic E-state index is 12.8. The number of nitrogens with two attached hydrogens (primary N) is 1. The van der Waals surface area contributed by atoms with Crippen molar-refractivity contribution < 1.29 is 9.90 Å². The average molecular weight is 285 g/mol. The fourth-order valence-electron chi connectivity index (χ4n) is 2.22. The van der Waals surface area contributed by atoms with Gasteiger partial charge in [0.25, 0.3) is 5.91 Å². The number of aromatic hydroxyl groups is 1. The summed E-state index contributed by atoms with van der Waals surface area (Å²) in [5.41, 5.74) is 8.88. The molecular weight excluding hydrogens is 266 g/mol. The van der Waals surface area contributed by atoms with Gasteiger partial charge in [0.1, 0.15) is 5.75 Å². The first-order chi connectivity index (χ1) is 9.93. The lowest BCUT2D eigenvalue weighted by atomic mass is 10.1. The number of phenols is 1. The number of pyridine rings is 1. The van der Waals surface area contributed by atoms with Gasteiger partial charge in [-0.3, -0.25) is 9.78 Å². The van der Waals surface area contributed by atoms with Crippen molar-refractivity contribution in [2.45, 2.75) is 20.8 Å². The van der Waals surface area contributed by atoms with Crippen LogP contribution in [0.2, 0.25) is 0 Å². The third-order valence-electron chi connectivity index (χ3n) is 3.38. The van der Waals surface area contributed by atoms with Crippen LogP contribution in [0.5, 0.6) is 5.75 Å². The molecule has 0 aliphatic rings. The number of aromatic nitrogens is 1. The molecule has 0 unspecified atom stereocenters. The maximum atomic E-state index is 12.8. The molecule has 1 heterocycles. The van der Waals surface area contributed by atoms with E-state index in [0.29, 0.717) is 29.2 Å². The van der Waals surface area contributed by atoms with Gasteiger partial charge < -0.3 is 15.7 Å². The van der Waals surface area contributed by atoms with Crippen LogP contribution in [0.25, 0.3) is 0 Å². The zero-order valence-electron chi connectivity index (χ0n) is 12.4. The highest BCUT2D eigenvalue weighted by Crippen LogP contribution is 2.27. The monoisotopic (exact) mass is 285 g/mol. The van der Waals surface area contributed by atoms with Crippen molar-refractivity contribution in [2.24, 2.45) is 0 Å². The highest BCUT2D eigenvalue weighted by atomic mass is 16.3. The molecule has 0 spiro atoms. The number of hydrogen-bond acceptors (Lipinski definition) is 4. The van der Waals surface area contributed by atoms with Gasteiger partial charge >= 0.3 is 0 Å². The predicted molar refractivity (Wildman–Crippen MR) is 83.6 cm³/mol. The predicted octanol–water partition coefficient (Wildman–Crippen LogP) is 2.65. The Bertz CT molecular complexity index is 683. The van der Waals surface area contributed by atoms with Gasteiger partial charge in [-0.2, -0.15) is 0 Å². The molecule has 0 aliphatic heterocycles. The Hall–Kier alpha value is -2.56. The zero-order valence-corrected chi connectivity index (χ0v) is 12.4. The van der Waals surface area contributed by atoms with Crippen molar-refractivity contribution >= 4 is 17.3 Å². The molecule has 1 aromatic heterocycles. The quantitative estimate of drug-likeness (QED) is 0.908. The number of amides is 1. The summed E-state index contributed by atoms with van der Waals surface area (Å²) >= 11 is 0. The zero-order chi connectivity index (χ0) is 15.6. The van der Waals surface area contributed by atoms with Crippen molar-refractivity contribution in [3.8, 4) is 5.75 Å². The van der Waals surface area contributed by atoms with Crippen LogP contribution >= 0.6 is 0 Å². The third-order valence-corrected chi connectivity index (χ3v) is 3.38. The molecular formula is C16H19N3O2. The fourth-order valence-corrected chi connectivity index (χ4v) is 2.22. The Morgan fingerprint density at radius 2 is 2.05 bits per heavy atom. The van der Waals surface area contributed by atoms with E-state index in [1.54, 1.807) is 36.1 Å². The van der Waals surface area contributed by atoms with E-state index in [0.717, 1.165) is 5.56 Å². The number of carbonyl (C=O) groups is 1. The third kappa shape index (κ3) is 2.97. The molecule has 5 nitrogen and oxygen atoms in total. The molecule has 2 rings (SSSR count). The van der Waals surface area contributed by atoms with Crippen LogP contribution in [-0.2, 0) is 0 Å². The first-order valence-electron chi connectivity index (χ1n) is 6.77. The molecule has 0 radical (unpaired) electrons. The first kappa shape index (κ1) is 14.8. The van der Waals surface area contributed by atoms with Crippen molar-refractivity contribution in [2.75, 3.05) is 17.2 Å². The van der Waals surface area contributed by atoms with Gasteiger partial charge in [-0.15, -0.1) is 0 Å². The van der Waals surface area contributed by atoms with Gasteiger partial charge in [0.2, 0.25) is 0 Å². The average Bonchev–Trinajstić information content (AvgIpc) is 2.46. The Labute approximate surface area is 124 Å². The van der Waals surface area contributed by atoms with Gasteiger partial charge in [0, 0.05) is 12.6 Å². The van der Waals surface area contributed by atoms with Gasteiger partial charge in [-0.25, -0.2) is 0 Å². The van der Waals surface area contributed by atoms with E-state index in [4.69, 9.17) is 5.73 Å². The minimum atomic E-state index is -0.177. The minimum Gasteiger partial charge on any atom is -0.508 e. The summed E-state index contributed by atoms with van der Waals surface area (Å²) in [7, 11) is 0. The molecule has 5 heteroatoms. The van der Waals surface area contributed by atoms with Crippen molar-refractivity contribution in [3.05, 3.63) is 47.3 Å². The van der Waals surface area contributed by atoms with Crippen molar-refractivity contribution in [3.63, 3.8) is 0 Å². The molecule has 0 saturated carbocycles. The SMILES string of the molecule is CCN(C(=O)c1cc(N)cnc1C)c1cc(O)ccc1C. The standard InChI is InChI=1S/C16H19N3O2/c1-4-19(15-8-13(20)6-5-10(15)2)16(21)14-7-12(17)9-18-11(14)3/h5-9,20H,4,17H2,1-3H3. The number of nitrogen functional groups attached to an aromatic ring is 1. The van der Waals surface area contributed by atoms with E-state index in [9.17, 15) is 9.90 Å². The van der Waals surface area contributed by atoms with E-state index in [2.05, 4.69) is 4.98 Å². The molecule has 2 aromatic rings. The van der Waals surface area contributed by atoms with Gasteiger partial charge in [-0.1, -0.05) is 6.07 Å². The Morgan fingerprint density at radius 1 is 1.33 bits per heavy atom. The van der Waals surface area contributed by atoms with Gasteiger partial charge in [-0.05, 0) is 38.5 Å². The second-order valence-corrected chi connectivity index (χ2v) is 4.92. The number of nitrogens with zero attached hydrogens (tertiary/aromatic N) is 2. The van der Waals surface area contributed by atoms with Gasteiger partial charge in [0.05, 0.1) is 28.8 Å². The number of hydrogen-bond donors (Lipinski definition) is 2. The van der Waals surface area contributed by atoms with Gasteiger partial charge in [0.15, 0.2) is 0 Å². The number of rotatable bonds is 3. The number of anilines is 2. The molecule has 21 heavy (non-hydrogen) atoms. The molecule has 0 bridgehead atoms. The molecule has 3 N–H and O–H groups in total. The van der Waals surface area contributed by atoms with Crippen LogP contribution in [0.1, 0.15) is 28.5 Å². The van der Waals surface area contributed by atoms with Crippen LogP contribution < -0.4 is 10.6 Å². The summed E-state index contributed by atoms with van der Waals surface area (Å²) in [5, 5.41) is 9.66. The smallest absolute Gasteiger partial charge is 0.260 e. The molecule has 0 aliphatic carbocycles. The van der Waals surface area contributed by atoms with E-state index in [-0.39, 0.29) is 11.7 Å². The number of carbonyl (C=O) groups excluding carboxylic acids is 1. The summed E-state index contributed by atoms with van der Waals surface area (Å²) in [4.78, 5) is 18.5. The second-order valence-electron chi connectivity index (χ2n) is 4.92. The summed E-state index contributed by atoms with van der Waals surface area (Å²) in [6.45, 7) is 6.04. The van der Waals surface area contributed by atoms with Crippen LogP contribution in [0, 0.1) is 13.8 Å². The molecule has 110 valence electrons. The summed E-state index contributed by atoms with van der Waals surface area (Å²) in [6.07, 6.45) is 1.53. The lowest BCUT2D eigenvalue weighted by Crippen LogP contribution is -2.32. The fraction of sp³-hybridized carbons (Fsp3) is 0.250. The van der Waals surface area contributed by atoms with Crippen molar-refractivity contribution in [1.82, 2.24) is 4.98 Å². The minimum absolute atomic E-state index is 0.129. The van der Waals surface area contributed by atoms with Crippen molar-refractivity contribution in [1.29, 1.82) is 0 Å². The van der Waals surface area contributed by atoms with Crippen LogP contribution in [0.15, 0.2) is 30.5 Å². The van der Waals surface area contributed by atoms with E-state index in [1.165, 1.54) is 6.20 Å². The molecule has 1 amide bonds. The first-order valence-corrected chi connectivity index (χ1v) is 6.77. The highest BCUT2D eigenvalue weighted by molar-refractivity contribution is 6.07. The Balaban J connectivity index is 2.48. The highest BCUT2D eigenvalue weighted by Gasteiger charge is 2.20. The largest absolute Gasteiger partial charge is 0.508 e. The number of benzene rings is 1. The molecule has 1 aromatic carbocycles. The second kappa shape index (κ2) is 5.83. The van der Waals surface area contributed by atoms with Crippen LogP contribution in [0.4, 0.5) is 11.4 Å².